The molecule has 0 atom stereocenters. The van der Waals surface area contributed by atoms with Gasteiger partial charge in [-0.3, -0.25) is 0 Å². The minimum absolute atomic E-state index is 0.0388. The molecule has 0 aliphatic rings. The first kappa shape index (κ1) is 19.1. The Morgan fingerprint density at radius 3 is 2.26 bits per heavy atom. The van der Waals surface area contributed by atoms with Crippen molar-refractivity contribution in [2.45, 2.75) is 26.9 Å². The van der Waals surface area contributed by atoms with Crippen molar-refractivity contribution in [1.29, 1.82) is 0 Å². The Morgan fingerprint density at radius 1 is 1.04 bits per heavy atom. The first-order valence-electron chi connectivity index (χ1n) is 7.82. The minimum atomic E-state index is -4.52. The summed E-state index contributed by atoms with van der Waals surface area (Å²) in [7, 11) is 0. The molecule has 0 amide bonds. The van der Waals surface area contributed by atoms with Crippen molar-refractivity contribution in [3.63, 3.8) is 0 Å². The largest absolute Gasteiger partial charge is 0.489 e. The lowest BCUT2D eigenvalue weighted by Crippen LogP contribution is -2.10. The Balaban J connectivity index is 1.59. The third-order valence-electron chi connectivity index (χ3n) is 3.45. The third kappa shape index (κ3) is 4.54. The predicted octanol–water partition coefficient (Wildman–Crippen LogP) is 3.99. The van der Waals surface area contributed by atoms with E-state index >= 15 is 0 Å². The van der Waals surface area contributed by atoms with Crippen LogP contribution < -0.4 is 9.47 Å². The molecule has 27 heavy (non-hydrogen) atoms. The van der Waals surface area contributed by atoms with Crippen LogP contribution in [0.1, 0.15) is 22.0 Å². The predicted molar refractivity (Wildman–Crippen MR) is 89.8 cm³/mol. The second-order valence-corrected chi connectivity index (χ2v) is 6.58. The molecule has 7 nitrogen and oxygen atoms in total. The van der Waals surface area contributed by atoms with Crippen molar-refractivity contribution in [3.8, 4) is 22.3 Å². The van der Waals surface area contributed by atoms with Crippen LogP contribution in [0.3, 0.4) is 0 Å². The summed E-state index contributed by atoms with van der Waals surface area (Å²) in [6, 6.07) is 3.74. The van der Waals surface area contributed by atoms with Crippen LogP contribution in [-0.4, -0.2) is 33.6 Å². The van der Waals surface area contributed by atoms with E-state index in [0.29, 0.717) is 28.8 Å². The van der Waals surface area contributed by atoms with E-state index in [2.05, 4.69) is 20.3 Å². The molecule has 0 radical (unpaired) electrons. The molecule has 11 heteroatoms. The number of hydrogen-bond donors (Lipinski definition) is 0. The molecule has 0 N–H and O–H groups in total. The molecule has 0 aliphatic carbocycles. The summed E-state index contributed by atoms with van der Waals surface area (Å²) in [4.78, 5) is 4.19. The standard InChI is InChI=1S/C16H15F3N4O3S/c1-8-6-11(13-20-10(3)26-23-13)7-9(2)12(8)24-4-5-25-15-22-21-14(27-15)16(17,18)19/h6-7H,4-5H2,1-3H3. The average molecular weight is 400 g/mol. The fourth-order valence-corrected chi connectivity index (χ4v) is 2.97. The number of aromatic nitrogens is 4. The molecule has 0 unspecified atom stereocenters. The Bertz CT molecular complexity index is 916. The lowest BCUT2D eigenvalue weighted by Gasteiger charge is -2.13. The summed E-state index contributed by atoms with van der Waals surface area (Å²) < 4.78 is 53.3. The zero-order chi connectivity index (χ0) is 19.6. The van der Waals surface area contributed by atoms with E-state index in [9.17, 15) is 13.2 Å². The van der Waals surface area contributed by atoms with Crippen LogP contribution in [0, 0.1) is 20.8 Å². The lowest BCUT2D eigenvalue weighted by molar-refractivity contribution is -0.138. The van der Waals surface area contributed by atoms with Gasteiger partial charge in [0.25, 0.3) is 5.19 Å². The number of nitrogens with zero attached hydrogens (tertiary/aromatic N) is 4. The quantitative estimate of drug-likeness (QED) is 0.579. The number of alkyl halides is 3. The molecule has 0 fully saturated rings. The van der Waals surface area contributed by atoms with Crippen molar-refractivity contribution in [2.75, 3.05) is 13.2 Å². The maximum Gasteiger partial charge on any atom is 0.445 e. The van der Waals surface area contributed by atoms with Crippen LogP contribution in [-0.2, 0) is 6.18 Å². The minimum Gasteiger partial charge on any atom is -0.489 e. The first-order chi connectivity index (χ1) is 12.7. The van der Waals surface area contributed by atoms with Gasteiger partial charge in [-0.05, 0) is 37.1 Å². The van der Waals surface area contributed by atoms with Crippen molar-refractivity contribution >= 4 is 11.3 Å². The number of hydrogen-bond acceptors (Lipinski definition) is 8. The van der Waals surface area contributed by atoms with Gasteiger partial charge in [-0.15, -0.1) is 5.10 Å². The summed E-state index contributed by atoms with van der Waals surface area (Å²) in [5.74, 6) is 1.63. The van der Waals surface area contributed by atoms with Gasteiger partial charge in [0.05, 0.1) is 0 Å². The van der Waals surface area contributed by atoms with Crippen LogP contribution in [0.15, 0.2) is 16.7 Å². The molecule has 0 saturated carbocycles. The summed E-state index contributed by atoms with van der Waals surface area (Å²) in [6.45, 7) is 5.64. The molecule has 3 aromatic rings. The zero-order valence-electron chi connectivity index (χ0n) is 14.6. The molecule has 2 aromatic heterocycles. The third-order valence-corrected chi connectivity index (χ3v) is 4.33. The number of aryl methyl sites for hydroxylation is 3. The normalized spacial score (nSPS) is 11.6. The van der Waals surface area contributed by atoms with E-state index in [4.69, 9.17) is 14.0 Å². The molecule has 0 saturated heterocycles. The highest BCUT2D eigenvalue weighted by molar-refractivity contribution is 7.13. The van der Waals surface area contributed by atoms with Gasteiger partial charge in [-0.1, -0.05) is 21.6 Å². The van der Waals surface area contributed by atoms with Gasteiger partial charge in [-0.25, -0.2) is 0 Å². The Labute approximate surface area is 156 Å². The van der Waals surface area contributed by atoms with E-state index in [1.54, 1.807) is 6.92 Å². The van der Waals surface area contributed by atoms with Crippen LogP contribution in [0.5, 0.6) is 10.9 Å². The van der Waals surface area contributed by atoms with E-state index in [0.717, 1.165) is 16.7 Å². The molecule has 0 aliphatic heterocycles. The second-order valence-electron chi connectivity index (χ2n) is 5.64. The summed E-state index contributed by atoms with van der Waals surface area (Å²) in [5.41, 5.74) is 2.53. The summed E-state index contributed by atoms with van der Waals surface area (Å²) in [6.07, 6.45) is -4.52. The van der Waals surface area contributed by atoms with Gasteiger partial charge < -0.3 is 14.0 Å². The average Bonchev–Trinajstić information content (AvgIpc) is 3.22. The van der Waals surface area contributed by atoms with Crippen molar-refractivity contribution < 1.29 is 27.2 Å². The Kier molecular flexibility index (Phi) is 5.31. The number of halogens is 3. The molecule has 144 valence electrons. The molecule has 3 rings (SSSR count). The summed E-state index contributed by atoms with van der Waals surface area (Å²) in [5, 5.41) is 9.10. The number of rotatable bonds is 6. The fraction of sp³-hybridized carbons (Fsp3) is 0.375. The van der Waals surface area contributed by atoms with E-state index in [1.807, 2.05) is 26.0 Å². The highest BCUT2D eigenvalue weighted by Crippen LogP contribution is 2.34. The molecular weight excluding hydrogens is 385 g/mol. The van der Waals surface area contributed by atoms with Gasteiger partial charge in [0.1, 0.15) is 19.0 Å². The monoisotopic (exact) mass is 400 g/mol. The summed E-state index contributed by atoms with van der Waals surface area (Å²) >= 11 is 0.346. The fourth-order valence-electron chi connectivity index (χ4n) is 2.38. The Hall–Kier alpha value is -2.69. The van der Waals surface area contributed by atoms with Crippen molar-refractivity contribution in [1.82, 2.24) is 20.3 Å². The van der Waals surface area contributed by atoms with E-state index in [1.165, 1.54) is 0 Å². The van der Waals surface area contributed by atoms with Crippen molar-refractivity contribution in [3.05, 3.63) is 34.2 Å². The SMILES string of the molecule is Cc1nc(-c2cc(C)c(OCCOc3nnc(C(F)(F)F)s3)c(C)c2)no1. The lowest BCUT2D eigenvalue weighted by atomic mass is 10.1. The van der Waals surface area contributed by atoms with Crippen LogP contribution in [0.25, 0.3) is 11.4 Å². The number of benzene rings is 1. The van der Waals surface area contributed by atoms with E-state index < -0.39 is 11.2 Å². The molecule has 0 bridgehead atoms. The van der Waals surface area contributed by atoms with Gasteiger partial charge in [-0.2, -0.15) is 18.2 Å². The zero-order valence-corrected chi connectivity index (χ0v) is 15.4. The van der Waals surface area contributed by atoms with Gasteiger partial charge in [0, 0.05) is 12.5 Å². The smallest absolute Gasteiger partial charge is 0.445 e. The maximum absolute atomic E-state index is 12.5. The molecule has 1 aromatic carbocycles. The first-order valence-corrected chi connectivity index (χ1v) is 8.64. The molecule has 2 heterocycles. The number of ether oxygens (including phenoxy) is 2. The van der Waals surface area contributed by atoms with Crippen LogP contribution in [0.4, 0.5) is 13.2 Å². The second kappa shape index (κ2) is 7.51. The molecule has 0 spiro atoms. The van der Waals surface area contributed by atoms with Gasteiger partial charge in [0.2, 0.25) is 16.7 Å². The highest BCUT2D eigenvalue weighted by atomic mass is 32.1. The topological polar surface area (TPSA) is 83.2 Å². The van der Waals surface area contributed by atoms with Gasteiger partial charge >= 0.3 is 6.18 Å². The van der Waals surface area contributed by atoms with Crippen LogP contribution in [0.2, 0.25) is 0 Å². The maximum atomic E-state index is 12.5. The van der Waals surface area contributed by atoms with E-state index in [-0.39, 0.29) is 18.4 Å². The van der Waals surface area contributed by atoms with Crippen molar-refractivity contribution in [2.24, 2.45) is 0 Å². The Morgan fingerprint density at radius 2 is 1.70 bits per heavy atom. The van der Waals surface area contributed by atoms with Gasteiger partial charge in [0.15, 0.2) is 0 Å². The van der Waals surface area contributed by atoms with Crippen LogP contribution >= 0.6 is 11.3 Å². The molecular formula is C16H15F3N4O3S. The highest BCUT2D eigenvalue weighted by Gasteiger charge is 2.36.